The molecule has 2 N–H and O–H groups in total. The van der Waals surface area contributed by atoms with Crippen molar-refractivity contribution >= 4 is 5.82 Å². The number of nitrogens with zero attached hydrogens (tertiary/aromatic N) is 1. The van der Waals surface area contributed by atoms with Crippen LogP contribution in [-0.2, 0) is 6.18 Å². The Balaban J connectivity index is 2.09. The standard InChI is InChI=1S/C24H24F3N3/c1-15-9-7-8-12-28-14-17(3)22(15)30-23-18(4)16(2)13-21(29-23)19-10-5-6-11-20(19)24(25,26)27/h5-13,28H,1,14H2,2-4H3,(H,29,30)/b9-7-,12-8-,22-17+. The van der Waals surface area contributed by atoms with Gasteiger partial charge in [-0.2, -0.15) is 13.2 Å². The smallest absolute Gasteiger partial charge is 0.387 e. The summed E-state index contributed by atoms with van der Waals surface area (Å²) >= 11 is 0. The molecule has 0 unspecified atom stereocenters. The Labute approximate surface area is 174 Å². The predicted molar refractivity (Wildman–Crippen MR) is 116 cm³/mol. The Bertz CT molecular complexity index is 1060. The molecule has 0 spiro atoms. The van der Waals surface area contributed by atoms with Crippen molar-refractivity contribution in [3.8, 4) is 11.3 Å². The Hall–Kier alpha value is -3.28. The molecule has 0 bridgehead atoms. The number of allylic oxidation sites excluding steroid dienone is 3. The summed E-state index contributed by atoms with van der Waals surface area (Å²) in [5.41, 5.74) is 3.91. The van der Waals surface area contributed by atoms with E-state index in [-0.39, 0.29) is 11.3 Å². The number of hydrogen-bond donors (Lipinski definition) is 2. The number of rotatable bonds is 3. The molecule has 0 fully saturated rings. The van der Waals surface area contributed by atoms with Crippen molar-refractivity contribution in [3.05, 3.63) is 94.9 Å². The third-order valence-corrected chi connectivity index (χ3v) is 5.02. The van der Waals surface area contributed by atoms with Crippen LogP contribution in [0.25, 0.3) is 11.3 Å². The van der Waals surface area contributed by atoms with Crippen LogP contribution in [0.2, 0.25) is 0 Å². The zero-order valence-corrected chi connectivity index (χ0v) is 17.2. The number of nitrogens with one attached hydrogen (secondary N) is 2. The molecule has 1 aromatic carbocycles. The van der Waals surface area contributed by atoms with Crippen LogP contribution in [0.15, 0.2) is 78.2 Å². The lowest BCUT2D eigenvalue weighted by molar-refractivity contribution is -0.137. The van der Waals surface area contributed by atoms with Crippen molar-refractivity contribution < 1.29 is 13.2 Å². The maximum absolute atomic E-state index is 13.5. The van der Waals surface area contributed by atoms with E-state index in [0.29, 0.717) is 12.4 Å². The van der Waals surface area contributed by atoms with E-state index in [1.54, 1.807) is 12.1 Å². The van der Waals surface area contributed by atoms with Crippen LogP contribution in [0.4, 0.5) is 19.0 Å². The van der Waals surface area contributed by atoms with Crippen LogP contribution < -0.4 is 10.6 Å². The summed E-state index contributed by atoms with van der Waals surface area (Å²) in [5, 5.41) is 6.51. The second-order valence-electron chi connectivity index (χ2n) is 7.25. The lowest BCUT2D eigenvalue weighted by Crippen LogP contribution is -2.14. The van der Waals surface area contributed by atoms with E-state index in [2.05, 4.69) is 22.2 Å². The Kier molecular flexibility index (Phi) is 6.15. The minimum atomic E-state index is -4.46. The van der Waals surface area contributed by atoms with E-state index in [1.807, 2.05) is 45.2 Å². The van der Waals surface area contributed by atoms with Gasteiger partial charge in [0.15, 0.2) is 0 Å². The van der Waals surface area contributed by atoms with Crippen molar-refractivity contribution in [1.29, 1.82) is 0 Å². The molecule has 0 saturated heterocycles. The predicted octanol–water partition coefficient (Wildman–Crippen LogP) is 6.30. The molecule has 30 heavy (non-hydrogen) atoms. The number of halogens is 3. The number of anilines is 1. The van der Waals surface area contributed by atoms with Gasteiger partial charge in [0.2, 0.25) is 0 Å². The molecule has 6 heteroatoms. The minimum Gasteiger partial charge on any atom is -0.387 e. The van der Waals surface area contributed by atoms with Gasteiger partial charge in [-0.1, -0.05) is 36.9 Å². The topological polar surface area (TPSA) is 37.0 Å². The number of alkyl halides is 3. The maximum Gasteiger partial charge on any atom is 0.417 e. The highest BCUT2D eigenvalue weighted by molar-refractivity contribution is 5.70. The third-order valence-electron chi connectivity index (χ3n) is 5.02. The van der Waals surface area contributed by atoms with Gasteiger partial charge in [-0.3, -0.25) is 0 Å². The van der Waals surface area contributed by atoms with Gasteiger partial charge < -0.3 is 10.6 Å². The molecule has 1 aliphatic rings. The quantitative estimate of drug-likeness (QED) is 0.622. The highest BCUT2D eigenvalue weighted by atomic mass is 19.4. The first-order valence-corrected chi connectivity index (χ1v) is 9.56. The highest BCUT2D eigenvalue weighted by Crippen LogP contribution is 2.37. The molecule has 3 nitrogen and oxygen atoms in total. The van der Waals surface area contributed by atoms with Crippen molar-refractivity contribution in [3.63, 3.8) is 0 Å². The molecule has 2 aromatic rings. The molecule has 0 amide bonds. The SMILES string of the molecule is C=C1/C=C\C=C/NC/C(C)=C\1Nc1nc(-c2ccccc2C(F)(F)F)cc(C)c1C. The molecule has 1 aromatic heterocycles. The summed E-state index contributed by atoms with van der Waals surface area (Å²) in [6.45, 7) is 10.5. The lowest BCUT2D eigenvalue weighted by Gasteiger charge is -2.19. The number of aromatic nitrogens is 1. The van der Waals surface area contributed by atoms with Crippen LogP contribution in [-0.4, -0.2) is 11.5 Å². The zero-order chi connectivity index (χ0) is 21.9. The third kappa shape index (κ3) is 4.64. The number of aryl methyl sites for hydroxylation is 1. The first-order valence-electron chi connectivity index (χ1n) is 9.56. The van der Waals surface area contributed by atoms with E-state index in [9.17, 15) is 13.2 Å². The van der Waals surface area contributed by atoms with Gasteiger partial charge in [-0.05, 0) is 67.5 Å². The average molecular weight is 411 g/mol. The summed E-state index contributed by atoms with van der Waals surface area (Å²) in [6, 6.07) is 7.19. The molecule has 3 rings (SSSR count). The van der Waals surface area contributed by atoms with E-state index >= 15 is 0 Å². The summed E-state index contributed by atoms with van der Waals surface area (Å²) in [5.74, 6) is 0.512. The normalized spacial score (nSPS) is 19.3. The van der Waals surface area contributed by atoms with Crippen LogP contribution in [0.3, 0.4) is 0 Å². The Morgan fingerprint density at radius 3 is 2.57 bits per heavy atom. The fourth-order valence-corrected chi connectivity index (χ4v) is 3.21. The van der Waals surface area contributed by atoms with Crippen LogP contribution in [0, 0.1) is 13.8 Å². The highest BCUT2D eigenvalue weighted by Gasteiger charge is 2.33. The minimum absolute atomic E-state index is 0.0564. The second-order valence-corrected chi connectivity index (χ2v) is 7.25. The monoisotopic (exact) mass is 411 g/mol. The fourth-order valence-electron chi connectivity index (χ4n) is 3.21. The summed E-state index contributed by atoms with van der Waals surface area (Å²) in [4.78, 5) is 4.57. The van der Waals surface area contributed by atoms with Gasteiger partial charge in [0.1, 0.15) is 5.82 Å². The zero-order valence-electron chi connectivity index (χ0n) is 17.2. The second kappa shape index (κ2) is 8.61. The molecule has 0 atom stereocenters. The van der Waals surface area contributed by atoms with Crippen LogP contribution in [0.1, 0.15) is 23.6 Å². The first kappa shape index (κ1) is 21.4. The first-order chi connectivity index (χ1) is 14.2. The van der Waals surface area contributed by atoms with Crippen molar-refractivity contribution in [1.82, 2.24) is 10.3 Å². The molecule has 1 aliphatic heterocycles. The van der Waals surface area contributed by atoms with E-state index in [4.69, 9.17) is 0 Å². The van der Waals surface area contributed by atoms with E-state index in [1.165, 1.54) is 12.1 Å². The lowest BCUT2D eigenvalue weighted by atomic mass is 10.0. The molecular formula is C24H24F3N3. The van der Waals surface area contributed by atoms with Gasteiger partial charge in [0.25, 0.3) is 0 Å². The Morgan fingerprint density at radius 2 is 1.83 bits per heavy atom. The largest absolute Gasteiger partial charge is 0.417 e. The summed E-state index contributed by atoms with van der Waals surface area (Å²) < 4.78 is 40.6. The van der Waals surface area contributed by atoms with E-state index < -0.39 is 11.7 Å². The summed E-state index contributed by atoms with van der Waals surface area (Å²) in [6.07, 6.45) is 3.01. The Morgan fingerprint density at radius 1 is 1.10 bits per heavy atom. The number of benzene rings is 1. The molecule has 0 saturated carbocycles. The van der Waals surface area contributed by atoms with E-state index in [0.717, 1.165) is 34.0 Å². The number of pyridine rings is 1. The van der Waals surface area contributed by atoms with Crippen molar-refractivity contribution in [2.45, 2.75) is 26.9 Å². The summed E-state index contributed by atoms with van der Waals surface area (Å²) in [7, 11) is 0. The van der Waals surface area contributed by atoms with Crippen LogP contribution in [0.5, 0.6) is 0 Å². The molecule has 156 valence electrons. The molecule has 2 heterocycles. The molecule has 0 aliphatic carbocycles. The molecule has 0 radical (unpaired) electrons. The van der Waals surface area contributed by atoms with Gasteiger partial charge in [0.05, 0.1) is 11.3 Å². The van der Waals surface area contributed by atoms with Gasteiger partial charge >= 0.3 is 6.18 Å². The van der Waals surface area contributed by atoms with Crippen molar-refractivity contribution in [2.75, 3.05) is 11.9 Å². The average Bonchev–Trinajstić information content (AvgIpc) is 2.77. The van der Waals surface area contributed by atoms with Crippen molar-refractivity contribution in [2.24, 2.45) is 0 Å². The maximum atomic E-state index is 13.5. The molecular weight excluding hydrogens is 387 g/mol. The van der Waals surface area contributed by atoms with Gasteiger partial charge in [-0.15, -0.1) is 0 Å². The fraction of sp³-hybridized carbons (Fsp3) is 0.208. The van der Waals surface area contributed by atoms with Crippen LogP contribution >= 0.6 is 0 Å². The van der Waals surface area contributed by atoms with Gasteiger partial charge in [0, 0.05) is 17.8 Å². The van der Waals surface area contributed by atoms with Gasteiger partial charge in [-0.25, -0.2) is 4.98 Å². The number of hydrogen-bond acceptors (Lipinski definition) is 3.